The van der Waals surface area contributed by atoms with Crippen LogP contribution < -0.4 is 10.2 Å². The first-order chi connectivity index (χ1) is 11.1. The number of rotatable bonds is 1. The maximum Gasteiger partial charge on any atom is 0.328 e. The van der Waals surface area contributed by atoms with E-state index in [0.717, 1.165) is 23.2 Å². The molecule has 2 heterocycles. The van der Waals surface area contributed by atoms with E-state index in [1.165, 1.54) is 11.0 Å². The third-order valence-corrected chi connectivity index (χ3v) is 3.84. The van der Waals surface area contributed by atoms with E-state index in [1.54, 1.807) is 0 Å². The summed E-state index contributed by atoms with van der Waals surface area (Å²) in [4.78, 5) is 18.3. The molecule has 5 nitrogen and oxygen atoms in total. The Morgan fingerprint density at radius 2 is 1.96 bits per heavy atom. The zero-order valence-electron chi connectivity index (χ0n) is 12.0. The van der Waals surface area contributed by atoms with Gasteiger partial charge in [0.15, 0.2) is 0 Å². The summed E-state index contributed by atoms with van der Waals surface area (Å²) in [6, 6.07) is 10.1. The van der Waals surface area contributed by atoms with E-state index in [4.69, 9.17) is 0 Å². The van der Waals surface area contributed by atoms with Crippen molar-refractivity contribution in [2.75, 3.05) is 16.8 Å². The minimum atomic E-state index is -0.814. The number of anilines is 2. The van der Waals surface area contributed by atoms with Crippen LogP contribution in [-0.2, 0) is 6.54 Å². The van der Waals surface area contributed by atoms with E-state index in [0.29, 0.717) is 19.0 Å². The number of imidazole rings is 1. The van der Waals surface area contributed by atoms with Crippen molar-refractivity contribution in [2.45, 2.75) is 6.54 Å². The van der Waals surface area contributed by atoms with Crippen molar-refractivity contribution in [1.82, 2.24) is 9.55 Å². The highest BCUT2D eigenvalue weighted by Crippen LogP contribution is 2.27. The van der Waals surface area contributed by atoms with Crippen molar-refractivity contribution in [1.29, 1.82) is 0 Å². The van der Waals surface area contributed by atoms with Gasteiger partial charge in [0.2, 0.25) is 5.95 Å². The van der Waals surface area contributed by atoms with Gasteiger partial charge in [0.05, 0.1) is 16.7 Å². The van der Waals surface area contributed by atoms with Crippen LogP contribution in [0.25, 0.3) is 11.0 Å². The maximum atomic E-state index is 13.7. The van der Waals surface area contributed by atoms with Crippen LogP contribution in [0.15, 0.2) is 42.5 Å². The lowest BCUT2D eigenvalue weighted by atomic mass is 10.3. The quantitative estimate of drug-likeness (QED) is 0.749. The molecule has 0 fully saturated rings. The molecule has 3 aromatic rings. The smallest absolute Gasteiger partial charge is 0.308 e. The molecule has 2 amide bonds. The van der Waals surface area contributed by atoms with Crippen LogP contribution in [-0.4, -0.2) is 22.1 Å². The van der Waals surface area contributed by atoms with Gasteiger partial charge in [0, 0.05) is 19.2 Å². The van der Waals surface area contributed by atoms with Crippen molar-refractivity contribution in [3.05, 3.63) is 54.1 Å². The number of halogens is 2. The van der Waals surface area contributed by atoms with Crippen LogP contribution in [0.3, 0.4) is 0 Å². The standard InChI is InChI=1S/C16H12F2N4O/c17-10-5-6-12(11(18)9-10)20-16(23)22-8-7-21-14-4-2-1-3-13(14)19-15(21)22/h1-6,9H,7-8H2,(H,20,23). The average Bonchev–Trinajstić information content (AvgIpc) is 3.08. The van der Waals surface area contributed by atoms with E-state index >= 15 is 0 Å². The normalized spacial score (nSPS) is 13.4. The third kappa shape index (κ3) is 2.21. The molecule has 23 heavy (non-hydrogen) atoms. The molecule has 0 atom stereocenters. The summed E-state index contributed by atoms with van der Waals surface area (Å²) in [5.41, 5.74) is 1.68. The van der Waals surface area contributed by atoms with E-state index in [-0.39, 0.29) is 5.69 Å². The van der Waals surface area contributed by atoms with Crippen molar-refractivity contribution in [3.63, 3.8) is 0 Å². The minimum absolute atomic E-state index is 0.0639. The molecule has 7 heteroatoms. The third-order valence-electron chi connectivity index (χ3n) is 3.84. The highest BCUT2D eigenvalue weighted by atomic mass is 19.1. The Kier molecular flexibility index (Phi) is 3.00. The fraction of sp³-hybridized carbons (Fsp3) is 0.125. The molecule has 0 saturated carbocycles. The maximum absolute atomic E-state index is 13.7. The number of nitrogens with zero attached hydrogens (tertiary/aromatic N) is 3. The Balaban J connectivity index is 1.64. The molecule has 0 bridgehead atoms. The summed E-state index contributed by atoms with van der Waals surface area (Å²) >= 11 is 0. The highest BCUT2D eigenvalue weighted by Gasteiger charge is 2.28. The van der Waals surface area contributed by atoms with Crippen molar-refractivity contribution < 1.29 is 13.6 Å². The summed E-state index contributed by atoms with van der Waals surface area (Å²) in [6.45, 7) is 1.07. The number of hydrogen-bond donors (Lipinski definition) is 1. The van der Waals surface area contributed by atoms with Gasteiger partial charge >= 0.3 is 6.03 Å². The highest BCUT2D eigenvalue weighted by molar-refractivity contribution is 6.02. The Labute approximate surface area is 130 Å². The fourth-order valence-electron chi connectivity index (χ4n) is 2.76. The monoisotopic (exact) mass is 314 g/mol. The number of amides is 2. The first-order valence-corrected chi connectivity index (χ1v) is 7.12. The number of carbonyl (C=O) groups is 1. The lowest BCUT2D eigenvalue weighted by Crippen LogP contribution is -2.34. The number of urea groups is 1. The lowest BCUT2D eigenvalue weighted by molar-refractivity contribution is 0.257. The number of carbonyl (C=O) groups excluding carboxylic acids is 1. The lowest BCUT2D eigenvalue weighted by Gasteiger charge is -2.15. The predicted molar refractivity (Wildman–Crippen MR) is 82.5 cm³/mol. The van der Waals surface area contributed by atoms with Crippen molar-refractivity contribution in [2.24, 2.45) is 0 Å². The summed E-state index contributed by atoms with van der Waals surface area (Å²) in [5.74, 6) is -0.985. The average molecular weight is 314 g/mol. The molecule has 0 aliphatic carbocycles. The molecular formula is C16H12F2N4O. The number of para-hydroxylation sites is 2. The van der Waals surface area contributed by atoms with Gasteiger partial charge in [-0.05, 0) is 24.3 Å². The number of fused-ring (bicyclic) bond motifs is 3. The topological polar surface area (TPSA) is 50.2 Å². The van der Waals surface area contributed by atoms with E-state index < -0.39 is 17.7 Å². The Hall–Kier alpha value is -2.96. The number of hydrogen-bond acceptors (Lipinski definition) is 2. The number of benzene rings is 2. The molecule has 1 aromatic heterocycles. The van der Waals surface area contributed by atoms with E-state index in [9.17, 15) is 13.6 Å². The van der Waals surface area contributed by atoms with Gasteiger partial charge in [-0.1, -0.05) is 12.1 Å². The number of nitrogens with one attached hydrogen (secondary N) is 1. The first kappa shape index (κ1) is 13.7. The second-order valence-corrected chi connectivity index (χ2v) is 5.26. The molecule has 1 aliphatic heterocycles. The van der Waals surface area contributed by atoms with Crippen LogP contribution in [0.4, 0.5) is 25.2 Å². The van der Waals surface area contributed by atoms with Gasteiger partial charge in [0.25, 0.3) is 0 Å². The summed E-state index contributed by atoms with van der Waals surface area (Å²) in [7, 11) is 0. The molecule has 1 N–H and O–H groups in total. The van der Waals surface area contributed by atoms with Crippen molar-refractivity contribution >= 4 is 28.7 Å². The van der Waals surface area contributed by atoms with Crippen LogP contribution in [0.5, 0.6) is 0 Å². The van der Waals surface area contributed by atoms with Crippen LogP contribution in [0.1, 0.15) is 0 Å². The summed E-state index contributed by atoms with van der Waals surface area (Å²) < 4.78 is 28.5. The molecule has 116 valence electrons. The van der Waals surface area contributed by atoms with Gasteiger partial charge in [-0.25, -0.2) is 18.6 Å². The van der Waals surface area contributed by atoms with Crippen LogP contribution in [0.2, 0.25) is 0 Å². The molecular weight excluding hydrogens is 302 g/mol. The van der Waals surface area contributed by atoms with Gasteiger partial charge in [-0.2, -0.15) is 0 Å². The molecule has 0 unspecified atom stereocenters. The van der Waals surface area contributed by atoms with Crippen LogP contribution >= 0.6 is 0 Å². The second-order valence-electron chi connectivity index (χ2n) is 5.26. The van der Waals surface area contributed by atoms with Gasteiger partial charge < -0.3 is 9.88 Å². The molecule has 0 saturated heterocycles. The zero-order chi connectivity index (χ0) is 16.0. The fourth-order valence-corrected chi connectivity index (χ4v) is 2.76. The minimum Gasteiger partial charge on any atom is -0.308 e. The second kappa shape index (κ2) is 5.05. The zero-order valence-corrected chi connectivity index (χ0v) is 12.0. The summed E-state index contributed by atoms with van der Waals surface area (Å²) in [6.07, 6.45) is 0. The van der Waals surface area contributed by atoms with E-state index in [2.05, 4.69) is 10.3 Å². The van der Waals surface area contributed by atoms with E-state index in [1.807, 2.05) is 28.8 Å². The Bertz CT molecular complexity index is 922. The predicted octanol–water partition coefficient (Wildman–Crippen LogP) is 3.37. The van der Waals surface area contributed by atoms with Crippen molar-refractivity contribution in [3.8, 4) is 0 Å². The van der Waals surface area contributed by atoms with Crippen LogP contribution in [0, 0.1) is 11.6 Å². The van der Waals surface area contributed by atoms with Gasteiger partial charge in [-0.15, -0.1) is 0 Å². The molecule has 2 aromatic carbocycles. The first-order valence-electron chi connectivity index (χ1n) is 7.12. The Morgan fingerprint density at radius 1 is 1.13 bits per heavy atom. The molecule has 0 spiro atoms. The van der Waals surface area contributed by atoms with Gasteiger partial charge in [-0.3, -0.25) is 4.90 Å². The number of aromatic nitrogens is 2. The van der Waals surface area contributed by atoms with Gasteiger partial charge in [0.1, 0.15) is 11.6 Å². The largest absolute Gasteiger partial charge is 0.328 e. The molecule has 0 radical (unpaired) electrons. The summed E-state index contributed by atoms with van der Waals surface area (Å²) in [5, 5.41) is 2.46. The SMILES string of the molecule is O=C(Nc1ccc(F)cc1F)N1CCn2c1nc1ccccc12. The Morgan fingerprint density at radius 3 is 2.78 bits per heavy atom. The molecule has 1 aliphatic rings. The molecule has 4 rings (SSSR count).